The lowest BCUT2D eigenvalue weighted by Gasteiger charge is -2.26. The van der Waals surface area contributed by atoms with Crippen LogP contribution < -0.4 is 15.8 Å². The molecule has 3 atom stereocenters. The quantitative estimate of drug-likeness (QED) is 0.199. The highest BCUT2D eigenvalue weighted by atomic mass is 16.5. The van der Waals surface area contributed by atoms with Crippen LogP contribution in [0.2, 0.25) is 0 Å². The van der Waals surface area contributed by atoms with Gasteiger partial charge in [-0.25, -0.2) is 0 Å². The Morgan fingerprint density at radius 2 is 1.92 bits per heavy atom. The number of hydrogen-bond acceptors (Lipinski definition) is 4. The van der Waals surface area contributed by atoms with Crippen molar-refractivity contribution in [3.05, 3.63) is 99.4 Å². The second-order valence-corrected chi connectivity index (χ2v) is 11.0. The second kappa shape index (κ2) is 13.0. The number of nitrogens with two attached hydrogens (primary N) is 1. The highest BCUT2D eigenvalue weighted by molar-refractivity contribution is 5.96. The molecule has 0 bridgehead atoms. The molecule has 0 radical (unpaired) electrons. The summed E-state index contributed by atoms with van der Waals surface area (Å²) in [6.07, 6.45) is 7.19. The van der Waals surface area contributed by atoms with Gasteiger partial charge in [0.15, 0.2) is 0 Å². The normalized spacial score (nSPS) is 17.2. The van der Waals surface area contributed by atoms with Crippen molar-refractivity contribution >= 4 is 5.71 Å². The first-order chi connectivity index (χ1) is 18.0. The number of hydrogen-bond donors (Lipinski definition) is 3. The molecule has 1 aliphatic heterocycles. The molecule has 0 saturated carbocycles. The second-order valence-electron chi connectivity index (χ2n) is 11.0. The van der Waals surface area contributed by atoms with Crippen LogP contribution in [0.1, 0.15) is 87.7 Å². The maximum Gasteiger partial charge on any atom is 0.123 e. The van der Waals surface area contributed by atoms with Gasteiger partial charge in [0.2, 0.25) is 0 Å². The van der Waals surface area contributed by atoms with E-state index in [9.17, 15) is 0 Å². The summed E-state index contributed by atoms with van der Waals surface area (Å²) in [5.74, 6) is 0.996. The van der Waals surface area contributed by atoms with Gasteiger partial charge in [0.05, 0.1) is 6.04 Å². The summed E-state index contributed by atoms with van der Waals surface area (Å²) in [7, 11) is 0. The summed E-state index contributed by atoms with van der Waals surface area (Å²) in [5.41, 5.74) is 17.0. The van der Waals surface area contributed by atoms with E-state index in [0.717, 1.165) is 49.1 Å². The SMILES string of the molecule is C=C(Cc1ccc2c(c1)CC(C(C)/C(C(C)=N)=C(\C)N)O2)NC(/C(=C/CCC)CC)c1ccc(C)cc1C. The number of ether oxygens (including phenoxy) is 1. The van der Waals surface area contributed by atoms with Gasteiger partial charge in [0, 0.05) is 35.9 Å². The summed E-state index contributed by atoms with van der Waals surface area (Å²) in [6.45, 7) is 19.0. The lowest BCUT2D eigenvalue weighted by molar-refractivity contribution is 0.189. The minimum atomic E-state index is -0.0138. The lowest BCUT2D eigenvalue weighted by Crippen LogP contribution is -2.28. The molecule has 0 aliphatic carbocycles. The first kappa shape index (κ1) is 29.3. The molecule has 2 aromatic carbocycles. The van der Waals surface area contributed by atoms with Gasteiger partial charge in [-0.3, -0.25) is 0 Å². The molecule has 0 spiro atoms. The molecule has 3 unspecified atom stereocenters. The minimum absolute atomic E-state index is 0.0138. The van der Waals surface area contributed by atoms with E-state index >= 15 is 0 Å². The maximum absolute atomic E-state index is 8.16. The Balaban J connectivity index is 1.78. The monoisotopic (exact) mass is 513 g/mol. The van der Waals surface area contributed by atoms with Crippen molar-refractivity contribution < 1.29 is 4.74 Å². The zero-order valence-electron chi connectivity index (χ0n) is 24.5. The largest absolute Gasteiger partial charge is 0.489 e. The van der Waals surface area contributed by atoms with E-state index in [1.165, 1.54) is 33.4 Å². The average molecular weight is 514 g/mol. The van der Waals surface area contributed by atoms with Crippen molar-refractivity contribution in [3.63, 3.8) is 0 Å². The van der Waals surface area contributed by atoms with Gasteiger partial charge >= 0.3 is 0 Å². The van der Waals surface area contributed by atoms with Crippen LogP contribution in [0.3, 0.4) is 0 Å². The van der Waals surface area contributed by atoms with Crippen molar-refractivity contribution in [2.45, 2.75) is 92.7 Å². The Kier molecular flexibility index (Phi) is 10.0. The summed E-state index contributed by atoms with van der Waals surface area (Å²) in [6, 6.07) is 13.3. The van der Waals surface area contributed by atoms with Crippen molar-refractivity contribution in [2.24, 2.45) is 11.7 Å². The predicted molar refractivity (Wildman–Crippen MR) is 162 cm³/mol. The number of aryl methyl sites for hydroxylation is 2. The number of allylic oxidation sites excluding steroid dienone is 3. The Hall–Kier alpha value is -3.27. The lowest BCUT2D eigenvalue weighted by atomic mass is 9.88. The van der Waals surface area contributed by atoms with Crippen molar-refractivity contribution in [1.82, 2.24) is 5.32 Å². The molecule has 2 aromatic rings. The van der Waals surface area contributed by atoms with Crippen LogP contribution >= 0.6 is 0 Å². The van der Waals surface area contributed by atoms with Gasteiger partial charge in [-0.1, -0.05) is 75.7 Å². The van der Waals surface area contributed by atoms with E-state index in [-0.39, 0.29) is 18.1 Å². The molecule has 0 amide bonds. The molecule has 0 aromatic heterocycles. The van der Waals surface area contributed by atoms with Gasteiger partial charge in [-0.2, -0.15) is 0 Å². The van der Waals surface area contributed by atoms with Gasteiger partial charge < -0.3 is 21.2 Å². The molecule has 0 saturated heterocycles. The van der Waals surface area contributed by atoms with Crippen molar-refractivity contribution in [3.8, 4) is 5.75 Å². The van der Waals surface area contributed by atoms with Crippen LogP contribution in [0.5, 0.6) is 5.75 Å². The number of rotatable bonds is 12. The van der Waals surface area contributed by atoms with E-state index in [4.69, 9.17) is 15.9 Å². The highest BCUT2D eigenvalue weighted by Gasteiger charge is 2.31. The molecule has 1 heterocycles. The molecule has 4 nitrogen and oxygen atoms in total. The minimum Gasteiger partial charge on any atom is -0.489 e. The van der Waals surface area contributed by atoms with Crippen LogP contribution in [0.4, 0.5) is 0 Å². The van der Waals surface area contributed by atoms with Gasteiger partial charge in [0.1, 0.15) is 11.9 Å². The Morgan fingerprint density at radius 3 is 2.53 bits per heavy atom. The topological polar surface area (TPSA) is 71.1 Å². The van der Waals surface area contributed by atoms with E-state index < -0.39 is 0 Å². The molecular weight excluding hydrogens is 466 g/mol. The number of unbranched alkanes of at least 4 members (excludes halogenated alkanes) is 1. The van der Waals surface area contributed by atoms with E-state index in [1.54, 1.807) is 6.92 Å². The third-order valence-electron chi connectivity index (χ3n) is 7.64. The predicted octanol–water partition coefficient (Wildman–Crippen LogP) is 8.04. The van der Waals surface area contributed by atoms with E-state index in [0.29, 0.717) is 11.4 Å². The van der Waals surface area contributed by atoms with Crippen LogP contribution in [-0.2, 0) is 12.8 Å². The Morgan fingerprint density at radius 1 is 1.18 bits per heavy atom. The van der Waals surface area contributed by atoms with Gasteiger partial charge in [-0.15, -0.1) is 0 Å². The van der Waals surface area contributed by atoms with Crippen LogP contribution in [0.15, 0.2) is 71.6 Å². The fourth-order valence-corrected chi connectivity index (χ4v) is 5.72. The fourth-order valence-electron chi connectivity index (χ4n) is 5.72. The zero-order valence-corrected chi connectivity index (χ0v) is 24.5. The van der Waals surface area contributed by atoms with E-state index in [2.05, 4.69) is 89.0 Å². The van der Waals surface area contributed by atoms with Crippen LogP contribution in [0, 0.1) is 25.2 Å². The Bertz CT molecular complexity index is 1230. The molecule has 38 heavy (non-hydrogen) atoms. The average Bonchev–Trinajstić information content (AvgIpc) is 3.27. The molecular formula is C34H47N3O. The first-order valence-electron chi connectivity index (χ1n) is 14.1. The number of nitrogens with one attached hydrogen (secondary N) is 2. The molecule has 4 heteroatoms. The summed E-state index contributed by atoms with van der Waals surface area (Å²) in [4.78, 5) is 0. The zero-order chi connectivity index (χ0) is 28.0. The number of fused-ring (bicyclic) bond motifs is 1. The smallest absolute Gasteiger partial charge is 0.123 e. The third kappa shape index (κ3) is 6.98. The third-order valence-corrected chi connectivity index (χ3v) is 7.64. The standard InChI is InChI=1S/C34H47N3O/c1-9-11-12-28(10-2)34(30-15-13-21(3)17-22(30)4)37-23(5)18-27-14-16-31-29(19-27)20-32(38-31)24(6)33(25(7)35)26(8)36/h12-17,19,24,32,34-35,37H,5,9-11,18,20,36H2,1-4,6-8H3/b28-12+,33-26-,35-25?. The van der Waals surface area contributed by atoms with Crippen LogP contribution in [0.25, 0.3) is 0 Å². The fraction of sp³-hybridized carbons (Fsp3) is 0.441. The first-order valence-corrected chi connectivity index (χ1v) is 14.1. The van der Waals surface area contributed by atoms with Crippen LogP contribution in [-0.4, -0.2) is 11.8 Å². The highest BCUT2D eigenvalue weighted by Crippen LogP contribution is 2.36. The van der Waals surface area contributed by atoms with Gasteiger partial charge in [0.25, 0.3) is 0 Å². The van der Waals surface area contributed by atoms with E-state index in [1.807, 2.05) is 6.92 Å². The molecule has 1 aliphatic rings. The molecule has 4 N–H and O–H groups in total. The molecule has 0 fully saturated rings. The van der Waals surface area contributed by atoms with Gasteiger partial charge in [-0.05, 0) is 80.0 Å². The van der Waals surface area contributed by atoms with Crippen molar-refractivity contribution in [1.29, 1.82) is 5.41 Å². The maximum atomic E-state index is 8.16. The summed E-state index contributed by atoms with van der Waals surface area (Å²) in [5, 5.41) is 12.0. The summed E-state index contributed by atoms with van der Waals surface area (Å²) < 4.78 is 6.31. The summed E-state index contributed by atoms with van der Waals surface area (Å²) >= 11 is 0. The Labute approximate surface area is 230 Å². The molecule has 204 valence electrons. The number of benzene rings is 2. The van der Waals surface area contributed by atoms with Crippen molar-refractivity contribution in [2.75, 3.05) is 0 Å². The molecule has 3 rings (SSSR count).